The van der Waals surface area contributed by atoms with E-state index in [0.717, 1.165) is 16.8 Å². The van der Waals surface area contributed by atoms with E-state index in [2.05, 4.69) is 9.71 Å². The number of nitrogens with zero attached hydrogens (tertiary/aromatic N) is 2. The molecule has 1 N–H and O–H groups in total. The molecule has 0 radical (unpaired) electrons. The number of pyridine rings is 1. The number of fused-ring (bicyclic) bond motifs is 1. The molecule has 0 unspecified atom stereocenters. The number of carbonyl (C=O) groups is 1. The number of aryl methyl sites for hydroxylation is 2. The summed E-state index contributed by atoms with van der Waals surface area (Å²) in [5, 5.41) is 0. The SMILES string of the molecule is Cc1ccnc(NS(=O)(=O)c2ccc3c(c2)CCC(=O)N3C)c1. The fraction of sp³-hybridized carbons (Fsp3) is 0.250. The standard InChI is InChI=1S/C16H17N3O3S/c1-11-7-8-17-15(9-11)18-23(21,22)13-4-5-14-12(10-13)3-6-16(20)19(14)2/h4-5,7-10H,3,6H2,1-2H3,(H,17,18). The molecule has 1 aliphatic heterocycles. The minimum absolute atomic E-state index is 0.0372. The molecule has 3 rings (SSSR count). The van der Waals surface area contributed by atoms with Crippen molar-refractivity contribution in [1.82, 2.24) is 4.98 Å². The normalized spacial score (nSPS) is 14.5. The second kappa shape index (κ2) is 5.66. The Morgan fingerprint density at radius 1 is 1.17 bits per heavy atom. The third-order valence-corrected chi connectivity index (χ3v) is 5.21. The summed E-state index contributed by atoms with van der Waals surface area (Å²) in [6.45, 7) is 1.87. The third-order valence-electron chi connectivity index (χ3n) is 3.86. The van der Waals surface area contributed by atoms with Gasteiger partial charge < -0.3 is 4.90 Å². The molecule has 2 heterocycles. The van der Waals surface area contributed by atoms with Crippen molar-refractivity contribution in [3.8, 4) is 0 Å². The summed E-state index contributed by atoms with van der Waals surface area (Å²) in [5.41, 5.74) is 2.53. The van der Waals surface area contributed by atoms with Crippen LogP contribution >= 0.6 is 0 Å². The van der Waals surface area contributed by atoms with Crippen molar-refractivity contribution < 1.29 is 13.2 Å². The molecule has 2 aromatic rings. The summed E-state index contributed by atoms with van der Waals surface area (Å²) in [7, 11) is -2.01. The average molecular weight is 331 g/mol. The maximum absolute atomic E-state index is 12.5. The van der Waals surface area contributed by atoms with Crippen molar-refractivity contribution in [3.63, 3.8) is 0 Å². The molecule has 0 aliphatic carbocycles. The lowest BCUT2D eigenvalue weighted by atomic mass is 10.0. The molecule has 23 heavy (non-hydrogen) atoms. The lowest BCUT2D eigenvalue weighted by Gasteiger charge is -2.26. The van der Waals surface area contributed by atoms with Crippen LogP contribution in [0.5, 0.6) is 0 Å². The molecule has 120 valence electrons. The van der Waals surface area contributed by atoms with Gasteiger partial charge in [0.1, 0.15) is 5.82 Å². The van der Waals surface area contributed by atoms with Crippen LogP contribution in [0, 0.1) is 6.92 Å². The van der Waals surface area contributed by atoms with Crippen LogP contribution in [0.15, 0.2) is 41.4 Å². The second-order valence-corrected chi connectivity index (χ2v) is 7.25. The van der Waals surface area contributed by atoms with Gasteiger partial charge in [-0.05, 0) is 54.8 Å². The zero-order valence-corrected chi connectivity index (χ0v) is 13.7. The first-order valence-electron chi connectivity index (χ1n) is 7.22. The molecule has 0 atom stereocenters. The Morgan fingerprint density at radius 2 is 1.96 bits per heavy atom. The summed E-state index contributed by atoms with van der Waals surface area (Å²) in [5.74, 6) is 0.324. The molecule has 1 aromatic carbocycles. The molecule has 1 aromatic heterocycles. The van der Waals surface area contributed by atoms with E-state index in [1.807, 2.05) is 6.92 Å². The molecule has 6 nitrogen and oxygen atoms in total. The van der Waals surface area contributed by atoms with Crippen molar-refractivity contribution in [3.05, 3.63) is 47.7 Å². The number of nitrogens with one attached hydrogen (secondary N) is 1. The predicted octanol–water partition coefficient (Wildman–Crippen LogP) is 2.10. The first-order valence-corrected chi connectivity index (χ1v) is 8.70. The van der Waals surface area contributed by atoms with Crippen LogP contribution in [0.25, 0.3) is 0 Å². The maximum atomic E-state index is 12.5. The minimum atomic E-state index is -3.71. The van der Waals surface area contributed by atoms with E-state index in [4.69, 9.17) is 0 Å². The molecule has 0 bridgehead atoms. The Hall–Kier alpha value is -2.41. The molecule has 1 amide bonds. The summed E-state index contributed by atoms with van der Waals surface area (Å²) in [6.07, 6.45) is 2.49. The highest BCUT2D eigenvalue weighted by atomic mass is 32.2. The van der Waals surface area contributed by atoms with Gasteiger partial charge in [0, 0.05) is 25.4 Å². The van der Waals surface area contributed by atoms with Gasteiger partial charge in [0.2, 0.25) is 5.91 Å². The van der Waals surface area contributed by atoms with Gasteiger partial charge in [-0.3, -0.25) is 9.52 Å². The Labute approximate surface area is 135 Å². The molecule has 0 spiro atoms. The summed E-state index contributed by atoms with van der Waals surface area (Å²) < 4.78 is 27.5. The Bertz CT molecular complexity index is 878. The number of carbonyl (C=O) groups excluding carboxylic acids is 1. The smallest absolute Gasteiger partial charge is 0.263 e. The quantitative estimate of drug-likeness (QED) is 0.934. The Kier molecular flexibility index (Phi) is 3.81. The number of amides is 1. The highest BCUT2D eigenvalue weighted by Gasteiger charge is 2.23. The van der Waals surface area contributed by atoms with Gasteiger partial charge in [0.25, 0.3) is 10.0 Å². The lowest BCUT2D eigenvalue weighted by molar-refractivity contribution is -0.118. The van der Waals surface area contributed by atoms with Crippen LogP contribution in [-0.4, -0.2) is 26.4 Å². The maximum Gasteiger partial charge on any atom is 0.263 e. The van der Waals surface area contributed by atoms with Crippen LogP contribution in [0.2, 0.25) is 0 Å². The highest BCUT2D eigenvalue weighted by Crippen LogP contribution is 2.29. The first kappa shape index (κ1) is 15.5. The van der Waals surface area contributed by atoms with E-state index in [1.54, 1.807) is 42.4 Å². The fourth-order valence-electron chi connectivity index (χ4n) is 2.59. The minimum Gasteiger partial charge on any atom is -0.315 e. The van der Waals surface area contributed by atoms with Crippen LogP contribution < -0.4 is 9.62 Å². The summed E-state index contributed by atoms with van der Waals surface area (Å²) in [6, 6.07) is 8.26. The summed E-state index contributed by atoms with van der Waals surface area (Å²) >= 11 is 0. The van der Waals surface area contributed by atoms with Gasteiger partial charge in [-0.1, -0.05) is 0 Å². The largest absolute Gasteiger partial charge is 0.315 e. The molecule has 1 aliphatic rings. The van der Waals surface area contributed by atoms with E-state index < -0.39 is 10.0 Å². The van der Waals surface area contributed by atoms with E-state index in [0.29, 0.717) is 12.8 Å². The topological polar surface area (TPSA) is 79.4 Å². The van der Waals surface area contributed by atoms with Crippen molar-refractivity contribution in [2.24, 2.45) is 0 Å². The van der Waals surface area contributed by atoms with E-state index in [1.165, 1.54) is 6.07 Å². The van der Waals surface area contributed by atoms with Crippen LogP contribution in [-0.2, 0) is 21.2 Å². The average Bonchev–Trinajstić information content (AvgIpc) is 2.50. The number of rotatable bonds is 3. The molecule has 0 fully saturated rings. The number of hydrogen-bond donors (Lipinski definition) is 1. The number of anilines is 2. The van der Waals surface area contributed by atoms with Gasteiger partial charge in [-0.15, -0.1) is 0 Å². The van der Waals surface area contributed by atoms with Gasteiger partial charge in [-0.2, -0.15) is 0 Å². The van der Waals surface area contributed by atoms with Crippen molar-refractivity contribution in [2.75, 3.05) is 16.7 Å². The molecule has 0 saturated carbocycles. The number of hydrogen-bond acceptors (Lipinski definition) is 4. The van der Waals surface area contributed by atoms with Crippen molar-refractivity contribution >= 4 is 27.4 Å². The first-order chi connectivity index (χ1) is 10.9. The Morgan fingerprint density at radius 3 is 2.70 bits per heavy atom. The van der Waals surface area contributed by atoms with Crippen molar-refractivity contribution in [2.45, 2.75) is 24.7 Å². The molecular formula is C16H17N3O3S. The predicted molar refractivity (Wildman–Crippen MR) is 88.0 cm³/mol. The van der Waals surface area contributed by atoms with Gasteiger partial charge in [0.05, 0.1) is 4.90 Å². The van der Waals surface area contributed by atoms with Crippen molar-refractivity contribution in [1.29, 1.82) is 0 Å². The van der Waals surface area contributed by atoms with Gasteiger partial charge in [-0.25, -0.2) is 13.4 Å². The van der Waals surface area contributed by atoms with Gasteiger partial charge >= 0.3 is 0 Å². The van der Waals surface area contributed by atoms with E-state index in [-0.39, 0.29) is 16.6 Å². The zero-order chi connectivity index (χ0) is 16.6. The molecule has 7 heteroatoms. The zero-order valence-electron chi connectivity index (χ0n) is 12.9. The second-order valence-electron chi connectivity index (χ2n) is 5.57. The monoisotopic (exact) mass is 331 g/mol. The molecule has 0 saturated heterocycles. The molecular weight excluding hydrogens is 314 g/mol. The van der Waals surface area contributed by atoms with Gasteiger partial charge in [0.15, 0.2) is 0 Å². The third kappa shape index (κ3) is 3.05. The summed E-state index contributed by atoms with van der Waals surface area (Å²) in [4.78, 5) is 17.4. The highest BCUT2D eigenvalue weighted by molar-refractivity contribution is 7.92. The Balaban J connectivity index is 1.93. The van der Waals surface area contributed by atoms with E-state index in [9.17, 15) is 13.2 Å². The number of aromatic nitrogens is 1. The number of sulfonamides is 1. The fourth-order valence-corrected chi connectivity index (χ4v) is 3.64. The van der Waals surface area contributed by atoms with Crippen LogP contribution in [0.4, 0.5) is 11.5 Å². The van der Waals surface area contributed by atoms with Crippen LogP contribution in [0.1, 0.15) is 17.5 Å². The van der Waals surface area contributed by atoms with E-state index >= 15 is 0 Å². The number of benzene rings is 1. The lowest BCUT2D eigenvalue weighted by Crippen LogP contribution is -2.31. The van der Waals surface area contributed by atoms with Crippen LogP contribution in [0.3, 0.4) is 0 Å².